The SMILES string of the molecule is CCCn1cc(C(CCO)C(C)(C)N)cn1. The van der Waals surface area contributed by atoms with Gasteiger partial charge in [0, 0.05) is 30.8 Å². The molecule has 1 unspecified atom stereocenters. The van der Waals surface area contributed by atoms with Crippen LogP contribution in [-0.2, 0) is 6.54 Å². The predicted octanol–water partition coefficient (Wildman–Crippen LogP) is 1.50. The molecule has 4 heteroatoms. The van der Waals surface area contributed by atoms with Gasteiger partial charge in [-0.05, 0) is 32.3 Å². The minimum Gasteiger partial charge on any atom is -0.396 e. The molecule has 16 heavy (non-hydrogen) atoms. The van der Waals surface area contributed by atoms with Crippen LogP contribution in [0.4, 0.5) is 0 Å². The Morgan fingerprint density at radius 1 is 1.56 bits per heavy atom. The molecule has 0 radical (unpaired) electrons. The van der Waals surface area contributed by atoms with Crippen LogP contribution in [-0.4, -0.2) is 27.0 Å². The third-order valence-corrected chi connectivity index (χ3v) is 2.82. The van der Waals surface area contributed by atoms with Gasteiger partial charge in [-0.3, -0.25) is 4.68 Å². The van der Waals surface area contributed by atoms with Gasteiger partial charge in [0.15, 0.2) is 0 Å². The Labute approximate surface area is 97.5 Å². The summed E-state index contributed by atoms with van der Waals surface area (Å²) in [6.45, 7) is 7.19. The van der Waals surface area contributed by atoms with Gasteiger partial charge >= 0.3 is 0 Å². The number of hydrogen-bond donors (Lipinski definition) is 2. The number of hydrogen-bond acceptors (Lipinski definition) is 3. The van der Waals surface area contributed by atoms with Gasteiger partial charge in [0.05, 0.1) is 6.20 Å². The van der Waals surface area contributed by atoms with Gasteiger partial charge in [-0.1, -0.05) is 6.92 Å². The first-order valence-electron chi connectivity index (χ1n) is 5.91. The topological polar surface area (TPSA) is 64.1 Å². The second-order valence-electron chi connectivity index (χ2n) is 4.92. The van der Waals surface area contributed by atoms with Crippen molar-refractivity contribution in [1.82, 2.24) is 9.78 Å². The van der Waals surface area contributed by atoms with Gasteiger partial charge < -0.3 is 10.8 Å². The van der Waals surface area contributed by atoms with E-state index in [1.807, 2.05) is 30.9 Å². The van der Waals surface area contributed by atoms with E-state index in [-0.39, 0.29) is 18.1 Å². The average molecular weight is 225 g/mol. The maximum atomic E-state index is 9.09. The minimum atomic E-state index is -0.331. The molecule has 0 saturated carbocycles. The second kappa shape index (κ2) is 5.46. The lowest BCUT2D eigenvalue weighted by molar-refractivity contribution is 0.250. The number of aromatic nitrogens is 2. The molecule has 0 aromatic carbocycles. The van der Waals surface area contributed by atoms with Crippen LogP contribution in [0.15, 0.2) is 12.4 Å². The van der Waals surface area contributed by atoms with Crippen molar-refractivity contribution < 1.29 is 5.11 Å². The van der Waals surface area contributed by atoms with Crippen LogP contribution in [0.2, 0.25) is 0 Å². The van der Waals surface area contributed by atoms with Crippen molar-refractivity contribution in [2.75, 3.05) is 6.61 Å². The molecule has 92 valence electrons. The summed E-state index contributed by atoms with van der Waals surface area (Å²) in [6.07, 6.45) is 5.65. The first kappa shape index (κ1) is 13.2. The number of aryl methyl sites for hydroxylation is 1. The molecule has 1 aromatic heterocycles. The van der Waals surface area contributed by atoms with Crippen molar-refractivity contribution in [2.45, 2.75) is 51.6 Å². The van der Waals surface area contributed by atoms with Gasteiger partial charge in [0.25, 0.3) is 0 Å². The van der Waals surface area contributed by atoms with Crippen molar-refractivity contribution in [3.63, 3.8) is 0 Å². The molecule has 0 spiro atoms. The quantitative estimate of drug-likeness (QED) is 0.771. The van der Waals surface area contributed by atoms with Crippen molar-refractivity contribution in [1.29, 1.82) is 0 Å². The molecule has 4 nitrogen and oxygen atoms in total. The number of aliphatic hydroxyl groups is 1. The van der Waals surface area contributed by atoms with E-state index < -0.39 is 0 Å². The average Bonchev–Trinajstić information content (AvgIpc) is 2.61. The van der Waals surface area contributed by atoms with Gasteiger partial charge in [0.2, 0.25) is 0 Å². The van der Waals surface area contributed by atoms with Crippen LogP contribution in [0.3, 0.4) is 0 Å². The van der Waals surface area contributed by atoms with Crippen LogP contribution in [0, 0.1) is 0 Å². The summed E-state index contributed by atoms with van der Waals surface area (Å²) >= 11 is 0. The van der Waals surface area contributed by atoms with E-state index in [9.17, 15) is 0 Å². The van der Waals surface area contributed by atoms with Gasteiger partial charge in [0.1, 0.15) is 0 Å². The molecule has 0 amide bonds. The molecular weight excluding hydrogens is 202 g/mol. The molecular formula is C12H23N3O. The lowest BCUT2D eigenvalue weighted by Gasteiger charge is -2.29. The highest BCUT2D eigenvalue weighted by Gasteiger charge is 2.27. The van der Waals surface area contributed by atoms with Crippen LogP contribution < -0.4 is 5.73 Å². The van der Waals surface area contributed by atoms with Crippen LogP contribution >= 0.6 is 0 Å². The fraction of sp³-hybridized carbons (Fsp3) is 0.750. The maximum Gasteiger partial charge on any atom is 0.0525 e. The lowest BCUT2D eigenvalue weighted by atomic mass is 9.82. The van der Waals surface area contributed by atoms with Crippen LogP contribution in [0.1, 0.15) is 45.1 Å². The Morgan fingerprint density at radius 3 is 2.75 bits per heavy atom. The fourth-order valence-electron chi connectivity index (χ4n) is 2.01. The summed E-state index contributed by atoms with van der Waals surface area (Å²) in [4.78, 5) is 0. The van der Waals surface area contributed by atoms with Gasteiger partial charge in [-0.25, -0.2) is 0 Å². The zero-order valence-corrected chi connectivity index (χ0v) is 10.5. The van der Waals surface area contributed by atoms with E-state index in [1.165, 1.54) is 0 Å². The maximum absolute atomic E-state index is 9.09. The van der Waals surface area contributed by atoms with Crippen molar-refractivity contribution >= 4 is 0 Å². The van der Waals surface area contributed by atoms with Gasteiger partial charge in [-0.15, -0.1) is 0 Å². The Morgan fingerprint density at radius 2 is 2.25 bits per heavy atom. The van der Waals surface area contributed by atoms with E-state index >= 15 is 0 Å². The van der Waals surface area contributed by atoms with E-state index in [0.717, 1.165) is 18.5 Å². The molecule has 1 aromatic rings. The van der Waals surface area contributed by atoms with Crippen molar-refractivity contribution in [3.8, 4) is 0 Å². The molecule has 0 aliphatic carbocycles. The first-order chi connectivity index (χ1) is 7.49. The smallest absolute Gasteiger partial charge is 0.0525 e. The molecule has 3 N–H and O–H groups in total. The highest BCUT2D eigenvalue weighted by atomic mass is 16.3. The molecule has 0 bridgehead atoms. The first-order valence-corrected chi connectivity index (χ1v) is 5.91. The Hall–Kier alpha value is -0.870. The van der Waals surface area contributed by atoms with Crippen LogP contribution in [0.25, 0.3) is 0 Å². The zero-order valence-electron chi connectivity index (χ0n) is 10.5. The summed E-state index contributed by atoms with van der Waals surface area (Å²) in [5.41, 5.74) is 6.92. The van der Waals surface area contributed by atoms with E-state index in [1.54, 1.807) is 0 Å². The molecule has 1 heterocycles. The predicted molar refractivity (Wildman–Crippen MR) is 65.2 cm³/mol. The summed E-state index contributed by atoms with van der Waals surface area (Å²) in [5, 5.41) is 13.4. The van der Waals surface area contributed by atoms with E-state index in [4.69, 9.17) is 10.8 Å². The molecule has 1 atom stereocenters. The molecule has 1 rings (SSSR count). The van der Waals surface area contributed by atoms with E-state index in [2.05, 4.69) is 12.0 Å². The molecule has 0 saturated heterocycles. The zero-order chi connectivity index (χ0) is 12.2. The summed E-state index contributed by atoms with van der Waals surface area (Å²) < 4.78 is 1.94. The Balaban J connectivity index is 2.84. The second-order valence-corrected chi connectivity index (χ2v) is 4.92. The van der Waals surface area contributed by atoms with Crippen LogP contribution in [0.5, 0.6) is 0 Å². The van der Waals surface area contributed by atoms with Crippen molar-refractivity contribution in [2.24, 2.45) is 5.73 Å². The number of aliphatic hydroxyl groups excluding tert-OH is 1. The Kier molecular flexibility index (Phi) is 4.50. The highest BCUT2D eigenvalue weighted by Crippen LogP contribution is 2.28. The molecule has 0 aliphatic heterocycles. The Bertz CT molecular complexity index is 314. The number of nitrogens with two attached hydrogens (primary N) is 1. The molecule has 0 fully saturated rings. The largest absolute Gasteiger partial charge is 0.396 e. The number of nitrogens with zero attached hydrogens (tertiary/aromatic N) is 2. The lowest BCUT2D eigenvalue weighted by Crippen LogP contribution is -2.39. The van der Waals surface area contributed by atoms with Crippen molar-refractivity contribution in [3.05, 3.63) is 18.0 Å². The normalized spacial score (nSPS) is 14.1. The highest BCUT2D eigenvalue weighted by molar-refractivity contribution is 5.16. The summed E-state index contributed by atoms with van der Waals surface area (Å²) in [6, 6.07) is 0. The van der Waals surface area contributed by atoms with E-state index in [0.29, 0.717) is 6.42 Å². The monoisotopic (exact) mass is 225 g/mol. The third kappa shape index (κ3) is 3.32. The third-order valence-electron chi connectivity index (χ3n) is 2.82. The minimum absolute atomic E-state index is 0.156. The summed E-state index contributed by atoms with van der Waals surface area (Å²) in [7, 11) is 0. The standard InChI is InChI=1S/C12H23N3O/c1-4-6-15-9-10(8-14-15)11(5-7-16)12(2,3)13/h8-9,11,16H,4-7,13H2,1-3H3. The fourth-order valence-corrected chi connectivity index (χ4v) is 2.01. The number of rotatable bonds is 6. The summed E-state index contributed by atoms with van der Waals surface area (Å²) in [5.74, 6) is 0.156. The molecule has 0 aliphatic rings. The van der Waals surface area contributed by atoms with Gasteiger partial charge in [-0.2, -0.15) is 5.10 Å².